The highest BCUT2D eigenvalue weighted by Gasteiger charge is 2.34. The smallest absolute Gasteiger partial charge is 0.478 e. The third-order valence-corrected chi connectivity index (χ3v) is 7.27. The number of hydrogen-bond donors (Lipinski definition) is 2. The lowest BCUT2D eigenvalue weighted by Crippen LogP contribution is -2.19. The maximum atomic E-state index is 15.7. The number of pyridine rings is 1. The van der Waals surface area contributed by atoms with Crippen molar-refractivity contribution in [1.82, 2.24) is 4.98 Å². The number of hydrogen-bond acceptors (Lipinski definition) is 5. The number of benzene rings is 3. The largest absolute Gasteiger partial charge is 0.573 e. The Bertz CT molecular complexity index is 1750. The van der Waals surface area contributed by atoms with Gasteiger partial charge >= 0.3 is 12.3 Å². The van der Waals surface area contributed by atoms with Gasteiger partial charge in [-0.2, -0.15) is 0 Å². The molecule has 2 N–H and O–H groups in total. The minimum Gasteiger partial charge on any atom is -0.478 e. The van der Waals surface area contributed by atoms with Gasteiger partial charge in [0.05, 0.1) is 21.7 Å². The van der Waals surface area contributed by atoms with E-state index in [9.17, 15) is 35.9 Å². The fraction of sp³-hybridized carbons (Fsp3) is 0.185. The summed E-state index contributed by atoms with van der Waals surface area (Å²) in [6, 6.07) is 9.54. The Labute approximate surface area is 225 Å². The number of ether oxygens (including phenoxy) is 1. The first-order valence-corrected chi connectivity index (χ1v) is 13.0. The van der Waals surface area contributed by atoms with Gasteiger partial charge in [0, 0.05) is 17.1 Å². The SMILES string of the molecule is CC(C)(C)c1ccc(S(=O)(=O)Nc2ccc(OC(F)(F)F)c(F)c2-c2ccc(C(=O)O)c3ncccc23)cc1F. The molecule has 3 aromatic carbocycles. The molecule has 210 valence electrons. The minimum atomic E-state index is -5.28. The summed E-state index contributed by atoms with van der Waals surface area (Å²) >= 11 is 0. The van der Waals surface area contributed by atoms with Gasteiger partial charge in [0.1, 0.15) is 5.82 Å². The maximum Gasteiger partial charge on any atom is 0.573 e. The molecule has 0 bridgehead atoms. The maximum absolute atomic E-state index is 15.7. The summed E-state index contributed by atoms with van der Waals surface area (Å²) in [5.41, 5.74) is -2.16. The Kier molecular flexibility index (Phi) is 7.22. The van der Waals surface area contributed by atoms with Crippen molar-refractivity contribution >= 4 is 32.6 Å². The molecule has 0 saturated carbocycles. The molecule has 13 heteroatoms. The molecule has 0 fully saturated rings. The van der Waals surface area contributed by atoms with Crippen LogP contribution in [0.15, 0.2) is 65.7 Å². The van der Waals surface area contributed by atoms with Crippen LogP contribution in [-0.2, 0) is 15.4 Å². The number of nitrogens with one attached hydrogen (secondary N) is 1. The average molecular weight is 581 g/mol. The first-order valence-electron chi connectivity index (χ1n) is 11.5. The highest BCUT2D eigenvalue weighted by molar-refractivity contribution is 7.92. The van der Waals surface area contributed by atoms with Crippen LogP contribution in [-0.4, -0.2) is 30.8 Å². The number of alkyl halides is 3. The van der Waals surface area contributed by atoms with Crippen LogP contribution in [0.5, 0.6) is 5.75 Å². The summed E-state index contributed by atoms with van der Waals surface area (Å²) < 4.78 is 102. The van der Waals surface area contributed by atoms with Crippen molar-refractivity contribution < 1.29 is 45.0 Å². The molecule has 0 amide bonds. The van der Waals surface area contributed by atoms with E-state index in [2.05, 4.69) is 14.4 Å². The van der Waals surface area contributed by atoms with E-state index < -0.39 is 61.3 Å². The molecule has 0 radical (unpaired) electrons. The third kappa shape index (κ3) is 5.69. The quantitative estimate of drug-likeness (QED) is 0.241. The van der Waals surface area contributed by atoms with Crippen molar-refractivity contribution in [2.45, 2.75) is 37.4 Å². The predicted octanol–water partition coefficient (Wildman–Crippen LogP) is 6.88. The topological polar surface area (TPSA) is 106 Å². The van der Waals surface area contributed by atoms with Gasteiger partial charge in [0.15, 0.2) is 11.6 Å². The summed E-state index contributed by atoms with van der Waals surface area (Å²) in [6.45, 7) is 5.19. The molecular weight excluding hydrogens is 559 g/mol. The molecule has 0 unspecified atom stereocenters. The number of aromatic carboxylic acids is 1. The molecule has 4 aromatic rings. The molecule has 4 rings (SSSR count). The lowest BCUT2D eigenvalue weighted by molar-refractivity contribution is -0.275. The zero-order chi connectivity index (χ0) is 29.6. The van der Waals surface area contributed by atoms with Crippen molar-refractivity contribution in [3.8, 4) is 16.9 Å². The van der Waals surface area contributed by atoms with Gasteiger partial charge in [0.2, 0.25) is 0 Å². The summed E-state index contributed by atoms with van der Waals surface area (Å²) in [6.07, 6.45) is -4.01. The van der Waals surface area contributed by atoms with Gasteiger partial charge in [-0.1, -0.05) is 39.0 Å². The number of anilines is 1. The summed E-state index contributed by atoms with van der Waals surface area (Å²) in [7, 11) is -4.60. The van der Waals surface area contributed by atoms with E-state index in [1.807, 2.05) is 0 Å². The van der Waals surface area contributed by atoms with Gasteiger partial charge in [0.25, 0.3) is 10.0 Å². The van der Waals surface area contributed by atoms with Crippen LogP contribution >= 0.6 is 0 Å². The van der Waals surface area contributed by atoms with E-state index in [0.29, 0.717) is 6.07 Å². The molecule has 1 aromatic heterocycles. The molecule has 0 aliphatic heterocycles. The van der Waals surface area contributed by atoms with Crippen molar-refractivity contribution in [3.63, 3.8) is 0 Å². The van der Waals surface area contributed by atoms with Crippen LogP contribution < -0.4 is 9.46 Å². The lowest BCUT2D eigenvalue weighted by atomic mass is 9.87. The van der Waals surface area contributed by atoms with Crippen LogP contribution in [0.3, 0.4) is 0 Å². The highest BCUT2D eigenvalue weighted by Crippen LogP contribution is 2.42. The lowest BCUT2D eigenvalue weighted by Gasteiger charge is -2.21. The van der Waals surface area contributed by atoms with Crippen LogP contribution in [0.4, 0.5) is 27.6 Å². The Morgan fingerprint density at radius 1 is 1.00 bits per heavy atom. The van der Waals surface area contributed by atoms with E-state index in [4.69, 9.17) is 0 Å². The number of carbonyl (C=O) groups is 1. The number of sulfonamides is 1. The van der Waals surface area contributed by atoms with Gasteiger partial charge in [-0.25, -0.2) is 22.0 Å². The number of aromatic nitrogens is 1. The fourth-order valence-corrected chi connectivity index (χ4v) is 5.23. The van der Waals surface area contributed by atoms with Crippen LogP contribution in [0.2, 0.25) is 0 Å². The first-order chi connectivity index (χ1) is 18.5. The predicted molar refractivity (Wildman–Crippen MR) is 137 cm³/mol. The van der Waals surface area contributed by atoms with Crippen molar-refractivity contribution in [3.05, 3.63) is 83.6 Å². The van der Waals surface area contributed by atoms with Gasteiger partial charge in [-0.15, -0.1) is 13.2 Å². The number of carboxylic acid groups (broad SMARTS) is 1. The zero-order valence-corrected chi connectivity index (χ0v) is 21.9. The van der Waals surface area contributed by atoms with Gasteiger partial charge in [-0.3, -0.25) is 9.71 Å². The van der Waals surface area contributed by atoms with E-state index >= 15 is 4.39 Å². The van der Waals surface area contributed by atoms with Gasteiger partial charge < -0.3 is 9.84 Å². The molecule has 0 saturated heterocycles. The van der Waals surface area contributed by atoms with Crippen LogP contribution in [0.1, 0.15) is 36.7 Å². The first kappa shape index (κ1) is 28.7. The van der Waals surface area contributed by atoms with Crippen LogP contribution in [0, 0.1) is 11.6 Å². The Balaban J connectivity index is 1.94. The summed E-state index contributed by atoms with van der Waals surface area (Å²) in [4.78, 5) is 15.2. The monoisotopic (exact) mass is 580 g/mol. The van der Waals surface area contributed by atoms with Gasteiger partial charge in [-0.05, 0) is 52.9 Å². The normalized spacial score (nSPS) is 12.4. The van der Waals surface area contributed by atoms with Crippen molar-refractivity contribution in [2.75, 3.05) is 4.72 Å². The average Bonchev–Trinajstić information content (AvgIpc) is 2.83. The minimum absolute atomic E-state index is 0.00600. The second kappa shape index (κ2) is 10.0. The van der Waals surface area contributed by atoms with E-state index in [1.165, 1.54) is 24.4 Å². The van der Waals surface area contributed by atoms with E-state index in [0.717, 1.165) is 30.3 Å². The fourth-order valence-electron chi connectivity index (χ4n) is 4.15. The molecule has 1 heterocycles. The Morgan fingerprint density at radius 2 is 1.70 bits per heavy atom. The summed E-state index contributed by atoms with van der Waals surface area (Å²) in [5, 5.41) is 9.52. The number of carboxylic acids is 1. The zero-order valence-electron chi connectivity index (χ0n) is 21.1. The van der Waals surface area contributed by atoms with E-state index in [1.54, 1.807) is 20.8 Å². The van der Waals surface area contributed by atoms with Crippen LogP contribution in [0.25, 0.3) is 22.0 Å². The molecule has 0 atom stereocenters. The number of halogens is 5. The van der Waals surface area contributed by atoms with E-state index in [-0.39, 0.29) is 27.6 Å². The molecular formula is C27H21F5N2O5S. The Hall–Kier alpha value is -4.26. The second-order valence-electron chi connectivity index (χ2n) is 9.71. The third-order valence-electron chi connectivity index (χ3n) is 5.90. The Morgan fingerprint density at radius 3 is 2.30 bits per heavy atom. The molecule has 7 nitrogen and oxygen atoms in total. The molecule has 40 heavy (non-hydrogen) atoms. The number of rotatable bonds is 6. The number of fused-ring (bicyclic) bond motifs is 1. The highest BCUT2D eigenvalue weighted by atomic mass is 32.2. The number of nitrogens with zero attached hydrogens (tertiary/aromatic N) is 1. The summed E-state index contributed by atoms with van der Waals surface area (Å²) in [5.74, 6) is -5.02. The molecule has 0 aliphatic carbocycles. The van der Waals surface area contributed by atoms with Crippen molar-refractivity contribution in [2.24, 2.45) is 0 Å². The molecule has 0 spiro atoms. The van der Waals surface area contributed by atoms with Crippen molar-refractivity contribution in [1.29, 1.82) is 0 Å². The second-order valence-corrected chi connectivity index (χ2v) is 11.4. The molecule has 0 aliphatic rings. The standard InChI is InChI=1S/C27H21F5N2O5S/c1-26(2,3)18-9-6-14(13-19(18)28)40(37,38)34-20-10-11-21(39-27(30,31)32)23(29)22(20)15-7-8-17(25(35)36)24-16(15)5-4-12-33-24/h4-13,34H,1-3H3,(H,35,36).